The minimum Gasteiger partial charge on any atom is -0.489 e. The summed E-state index contributed by atoms with van der Waals surface area (Å²) in [5.74, 6) is -0.0288. The molecule has 0 aliphatic heterocycles. The number of rotatable bonds is 6. The first-order valence-corrected chi connectivity index (χ1v) is 5.73. The fourth-order valence-electron chi connectivity index (χ4n) is 1.43. The SMILES string of the molecule is O=C(O)C(COc1ccccc1)Oc1ccncc1. The van der Waals surface area contributed by atoms with E-state index in [1.165, 1.54) is 12.4 Å². The van der Waals surface area contributed by atoms with Gasteiger partial charge in [0.05, 0.1) is 0 Å². The highest BCUT2D eigenvalue weighted by Crippen LogP contribution is 2.12. The molecule has 1 unspecified atom stereocenters. The minimum atomic E-state index is -1.08. The van der Waals surface area contributed by atoms with Crippen molar-refractivity contribution < 1.29 is 19.4 Å². The smallest absolute Gasteiger partial charge is 0.348 e. The van der Waals surface area contributed by atoms with E-state index in [-0.39, 0.29) is 6.61 Å². The van der Waals surface area contributed by atoms with Crippen molar-refractivity contribution in [3.63, 3.8) is 0 Å². The number of carbonyl (C=O) groups is 1. The van der Waals surface area contributed by atoms with Gasteiger partial charge >= 0.3 is 5.97 Å². The summed E-state index contributed by atoms with van der Waals surface area (Å²) in [5, 5.41) is 9.09. The van der Waals surface area contributed by atoms with Crippen LogP contribution in [0.25, 0.3) is 0 Å². The van der Waals surface area contributed by atoms with Crippen LogP contribution in [0, 0.1) is 0 Å². The highest BCUT2D eigenvalue weighted by molar-refractivity contribution is 5.73. The third-order valence-electron chi connectivity index (χ3n) is 2.35. The number of benzene rings is 1. The first-order chi connectivity index (χ1) is 9.25. The molecule has 1 heterocycles. The zero-order valence-corrected chi connectivity index (χ0v) is 10.1. The van der Waals surface area contributed by atoms with Gasteiger partial charge in [-0.25, -0.2) is 4.79 Å². The summed E-state index contributed by atoms with van der Waals surface area (Å²) in [6.45, 7) is -0.0678. The molecule has 19 heavy (non-hydrogen) atoms. The van der Waals surface area contributed by atoms with Gasteiger partial charge in [-0.15, -0.1) is 0 Å². The van der Waals surface area contributed by atoms with Crippen LogP contribution in [0.1, 0.15) is 0 Å². The highest BCUT2D eigenvalue weighted by Gasteiger charge is 2.20. The Labute approximate surface area is 110 Å². The standard InChI is InChI=1S/C14H13NO4/c16-14(17)13(19-12-6-8-15-9-7-12)10-18-11-4-2-1-3-5-11/h1-9,13H,10H2,(H,16,17). The fraction of sp³-hybridized carbons (Fsp3) is 0.143. The van der Waals surface area contributed by atoms with Crippen LogP contribution in [0.4, 0.5) is 0 Å². The molecule has 5 heteroatoms. The molecule has 2 aromatic rings. The molecule has 5 nitrogen and oxygen atoms in total. The van der Waals surface area contributed by atoms with E-state index in [1.807, 2.05) is 18.2 Å². The molecule has 0 radical (unpaired) electrons. The van der Waals surface area contributed by atoms with Gasteiger partial charge in [-0.3, -0.25) is 4.98 Å². The zero-order valence-electron chi connectivity index (χ0n) is 10.1. The van der Waals surface area contributed by atoms with Gasteiger partial charge in [0.1, 0.15) is 18.1 Å². The van der Waals surface area contributed by atoms with Gasteiger partial charge in [0.2, 0.25) is 6.10 Å². The maximum absolute atomic E-state index is 11.1. The molecule has 0 fully saturated rings. The van der Waals surface area contributed by atoms with Crippen molar-refractivity contribution in [3.05, 3.63) is 54.9 Å². The average molecular weight is 259 g/mol. The van der Waals surface area contributed by atoms with E-state index in [0.29, 0.717) is 11.5 Å². The largest absolute Gasteiger partial charge is 0.489 e. The van der Waals surface area contributed by atoms with Gasteiger partial charge < -0.3 is 14.6 Å². The third-order valence-corrected chi connectivity index (χ3v) is 2.35. The number of carboxylic acids is 1. The van der Waals surface area contributed by atoms with Crippen LogP contribution in [0.15, 0.2) is 54.9 Å². The molecule has 98 valence electrons. The van der Waals surface area contributed by atoms with Crippen LogP contribution in [0.3, 0.4) is 0 Å². The Morgan fingerprint density at radius 1 is 1.11 bits per heavy atom. The lowest BCUT2D eigenvalue weighted by Gasteiger charge is -2.15. The summed E-state index contributed by atoms with van der Waals surface area (Å²) in [7, 11) is 0. The molecule has 0 amide bonds. The predicted molar refractivity (Wildman–Crippen MR) is 68.2 cm³/mol. The second-order valence-electron chi connectivity index (χ2n) is 3.75. The summed E-state index contributed by atoms with van der Waals surface area (Å²) in [6, 6.07) is 12.2. The fourth-order valence-corrected chi connectivity index (χ4v) is 1.43. The van der Waals surface area contributed by atoms with Crippen LogP contribution in [0.5, 0.6) is 11.5 Å². The van der Waals surface area contributed by atoms with E-state index >= 15 is 0 Å². The first-order valence-electron chi connectivity index (χ1n) is 5.73. The van der Waals surface area contributed by atoms with Gasteiger partial charge in [-0.2, -0.15) is 0 Å². The maximum Gasteiger partial charge on any atom is 0.348 e. The highest BCUT2D eigenvalue weighted by atomic mass is 16.6. The Morgan fingerprint density at radius 2 is 1.79 bits per heavy atom. The molecular weight excluding hydrogens is 246 g/mol. The van der Waals surface area contributed by atoms with E-state index in [0.717, 1.165) is 0 Å². The lowest BCUT2D eigenvalue weighted by atomic mass is 10.3. The minimum absolute atomic E-state index is 0.0678. The number of carboxylic acid groups (broad SMARTS) is 1. The van der Waals surface area contributed by atoms with Crippen molar-refractivity contribution in [1.82, 2.24) is 4.98 Å². The van der Waals surface area contributed by atoms with Crippen LogP contribution in [0.2, 0.25) is 0 Å². The normalized spacial score (nSPS) is 11.6. The molecule has 0 bridgehead atoms. The first kappa shape index (κ1) is 12.9. The monoisotopic (exact) mass is 259 g/mol. The summed E-state index contributed by atoms with van der Waals surface area (Å²) >= 11 is 0. The van der Waals surface area contributed by atoms with Crippen molar-refractivity contribution in [2.75, 3.05) is 6.61 Å². The number of hydrogen-bond donors (Lipinski definition) is 1. The number of aromatic nitrogens is 1. The van der Waals surface area contributed by atoms with E-state index < -0.39 is 12.1 Å². The molecular formula is C14H13NO4. The van der Waals surface area contributed by atoms with Crippen molar-refractivity contribution in [2.45, 2.75) is 6.10 Å². The van der Waals surface area contributed by atoms with E-state index in [4.69, 9.17) is 14.6 Å². The van der Waals surface area contributed by atoms with Gasteiger partial charge in [-0.05, 0) is 24.3 Å². The van der Waals surface area contributed by atoms with Crippen molar-refractivity contribution in [2.24, 2.45) is 0 Å². The lowest BCUT2D eigenvalue weighted by molar-refractivity contribution is -0.146. The second kappa shape index (κ2) is 6.39. The van der Waals surface area contributed by atoms with Crippen molar-refractivity contribution >= 4 is 5.97 Å². The Hall–Kier alpha value is -2.56. The number of para-hydroxylation sites is 1. The van der Waals surface area contributed by atoms with Gasteiger partial charge in [0.25, 0.3) is 0 Å². The van der Waals surface area contributed by atoms with Crippen LogP contribution >= 0.6 is 0 Å². The summed E-state index contributed by atoms with van der Waals surface area (Å²) in [6.07, 6.45) is 2.00. The van der Waals surface area contributed by atoms with Gasteiger partial charge in [-0.1, -0.05) is 18.2 Å². The Balaban J connectivity index is 1.95. The molecule has 0 saturated heterocycles. The van der Waals surface area contributed by atoms with E-state index in [2.05, 4.69) is 4.98 Å². The molecule has 1 N–H and O–H groups in total. The Morgan fingerprint density at radius 3 is 2.42 bits per heavy atom. The number of nitrogens with zero attached hydrogens (tertiary/aromatic N) is 1. The van der Waals surface area contributed by atoms with Crippen molar-refractivity contribution in [3.8, 4) is 11.5 Å². The molecule has 1 aromatic carbocycles. The molecule has 1 aromatic heterocycles. The Bertz CT molecular complexity index is 515. The molecule has 1 atom stereocenters. The Kier molecular flexibility index (Phi) is 4.34. The van der Waals surface area contributed by atoms with Gasteiger partial charge in [0.15, 0.2) is 0 Å². The van der Waals surface area contributed by atoms with Crippen LogP contribution in [-0.2, 0) is 4.79 Å². The predicted octanol–water partition coefficient (Wildman–Crippen LogP) is 1.99. The van der Waals surface area contributed by atoms with Crippen molar-refractivity contribution in [1.29, 1.82) is 0 Å². The van der Waals surface area contributed by atoms with E-state index in [1.54, 1.807) is 24.3 Å². The van der Waals surface area contributed by atoms with Crippen LogP contribution in [-0.4, -0.2) is 28.8 Å². The zero-order chi connectivity index (χ0) is 13.5. The molecule has 0 aliphatic rings. The summed E-state index contributed by atoms with van der Waals surface area (Å²) < 4.78 is 10.7. The summed E-state index contributed by atoms with van der Waals surface area (Å²) in [5.41, 5.74) is 0. The lowest BCUT2D eigenvalue weighted by Crippen LogP contribution is -2.33. The molecule has 0 aliphatic carbocycles. The van der Waals surface area contributed by atoms with E-state index in [9.17, 15) is 4.79 Å². The van der Waals surface area contributed by atoms with Crippen LogP contribution < -0.4 is 9.47 Å². The third kappa shape index (κ3) is 3.99. The molecule has 0 saturated carbocycles. The number of aliphatic carboxylic acids is 1. The summed E-state index contributed by atoms with van der Waals surface area (Å²) in [4.78, 5) is 14.9. The quantitative estimate of drug-likeness (QED) is 0.859. The maximum atomic E-state index is 11.1. The second-order valence-corrected chi connectivity index (χ2v) is 3.75. The van der Waals surface area contributed by atoms with Gasteiger partial charge in [0, 0.05) is 12.4 Å². The topological polar surface area (TPSA) is 68.7 Å². The molecule has 0 spiro atoms. The number of ether oxygens (including phenoxy) is 2. The average Bonchev–Trinajstić information content (AvgIpc) is 2.45. The number of pyridine rings is 1. The molecule has 2 rings (SSSR count). The number of hydrogen-bond acceptors (Lipinski definition) is 4.